The number of carboxylic acid groups (broad SMARTS) is 1. The first-order chi connectivity index (χ1) is 10.5. The lowest BCUT2D eigenvalue weighted by atomic mass is 10.2. The van der Waals surface area contributed by atoms with Crippen LogP contribution in [0, 0.1) is 0 Å². The van der Waals surface area contributed by atoms with Gasteiger partial charge in [0, 0.05) is 18.4 Å². The van der Waals surface area contributed by atoms with Crippen LogP contribution in [0.15, 0.2) is 24.3 Å². The number of benzene rings is 1. The maximum atomic E-state index is 12.0. The largest absolute Gasteiger partial charge is 0.479 e. The molecule has 2 atom stereocenters. The van der Waals surface area contributed by atoms with Gasteiger partial charge in [0.15, 0.2) is 6.10 Å². The molecule has 0 aliphatic carbocycles. The van der Waals surface area contributed by atoms with Crippen LogP contribution >= 0.6 is 0 Å². The number of carbonyl (C=O) groups excluding carboxylic acids is 2. The molecule has 4 N–H and O–H groups in total. The van der Waals surface area contributed by atoms with Gasteiger partial charge in [0.05, 0.1) is 0 Å². The molecule has 1 aromatic carbocycles. The van der Waals surface area contributed by atoms with Crippen molar-refractivity contribution in [1.82, 2.24) is 5.32 Å². The Morgan fingerprint density at radius 2 is 1.77 bits per heavy atom. The molecule has 8 heteroatoms. The second-order valence-electron chi connectivity index (χ2n) is 4.80. The first-order valence-corrected chi connectivity index (χ1v) is 6.77. The Labute approximate surface area is 126 Å². The lowest BCUT2D eigenvalue weighted by Crippen LogP contribution is -2.30. The summed E-state index contributed by atoms with van der Waals surface area (Å²) >= 11 is 0. The van der Waals surface area contributed by atoms with E-state index in [9.17, 15) is 14.4 Å². The first kappa shape index (κ1) is 15.8. The smallest absolute Gasteiger partial charge is 0.332 e. The molecule has 118 valence electrons. The van der Waals surface area contributed by atoms with E-state index in [1.54, 1.807) is 24.3 Å². The third kappa shape index (κ3) is 3.95. The van der Waals surface area contributed by atoms with E-state index >= 15 is 0 Å². The molecule has 3 amide bonds. The van der Waals surface area contributed by atoms with Gasteiger partial charge in [0.25, 0.3) is 5.91 Å². The van der Waals surface area contributed by atoms with Gasteiger partial charge in [-0.2, -0.15) is 0 Å². The summed E-state index contributed by atoms with van der Waals surface area (Å²) in [7, 11) is 1.50. The molecule has 1 fully saturated rings. The van der Waals surface area contributed by atoms with Crippen molar-refractivity contribution in [1.29, 1.82) is 0 Å². The van der Waals surface area contributed by atoms with Gasteiger partial charge in [-0.25, -0.2) is 9.59 Å². The molecule has 0 spiro atoms. The molecule has 1 heterocycles. The van der Waals surface area contributed by atoms with Gasteiger partial charge in [-0.15, -0.1) is 0 Å². The Morgan fingerprint density at radius 3 is 2.36 bits per heavy atom. The summed E-state index contributed by atoms with van der Waals surface area (Å²) in [5.41, 5.74) is 1.01. The molecule has 1 aliphatic rings. The fraction of sp³-hybridized carbons (Fsp3) is 0.357. The summed E-state index contributed by atoms with van der Waals surface area (Å²) in [6.45, 7) is 0. The zero-order valence-electron chi connectivity index (χ0n) is 12.0. The summed E-state index contributed by atoms with van der Waals surface area (Å²) in [5.74, 6) is -1.46. The number of amides is 3. The van der Waals surface area contributed by atoms with Crippen LogP contribution < -0.4 is 16.0 Å². The van der Waals surface area contributed by atoms with Crippen LogP contribution in [0.3, 0.4) is 0 Å². The molecule has 0 saturated carbocycles. The summed E-state index contributed by atoms with van der Waals surface area (Å²) < 4.78 is 5.18. The van der Waals surface area contributed by atoms with E-state index in [0.29, 0.717) is 24.2 Å². The number of hydrogen-bond acceptors (Lipinski definition) is 4. The van der Waals surface area contributed by atoms with E-state index in [1.165, 1.54) is 7.05 Å². The van der Waals surface area contributed by atoms with E-state index in [2.05, 4.69) is 16.0 Å². The number of carbonyl (C=O) groups is 3. The third-order valence-electron chi connectivity index (χ3n) is 3.20. The Morgan fingerprint density at radius 1 is 1.14 bits per heavy atom. The molecular weight excluding hydrogens is 290 g/mol. The number of aliphatic carboxylic acids is 1. The van der Waals surface area contributed by atoms with Crippen LogP contribution in [-0.4, -0.2) is 42.3 Å². The minimum atomic E-state index is -1.06. The molecule has 1 aliphatic heterocycles. The number of ether oxygens (including phenoxy) is 1. The monoisotopic (exact) mass is 307 g/mol. The average molecular weight is 307 g/mol. The first-order valence-electron chi connectivity index (χ1n) is 6.77. The second-order valence-corrected chi connectivity index (χ2v) is 4.80. The lowest BCUT2D eigenvalue weighted by molar-refractivity contribution is -0.150. The summed E-state index contributed by atoms with van der Waals surface area (Å²) in [5, 5.41) is 16.5. The van der Waals surface area contributed by atoms with Crippen LogP contribution in [0.5, 0.6) is 0 Å². The zero-order valence-corrected chi connectivity index (χ0v) is 12.0. The average Bonchev–Trinajstić information content (AvgIpc) is 2.97. The van der Waals surface area contributed by atoms with Gasteiger partial charge in [0.2, 0.25) is 0 Å². The van der Waals surface area contributed by atoms with Crippen molar-refractivity contribution in [3.63, 3.8) is 0 Å². The van der Waals surface area contributed by atoms with E-state index in [-0.39, 0.29) is 6.03 Å². The second kappa shape index (κ2) is 6.90. The van der Waals surface area contributed by atoms with Crippen molar-refractivity contribution < 1.29 is 24.2 Å². The molecule has 8 nitrogen and oxygen atoms in total. The molecule has 2 rings (SSSR count). The summed E-state index contributed by atoms with van der Waals surface area (Å²) in [6, 6.07) is 6.24. The normalized spacial score (nSPS) is 20.2. The number of anilines is 2. The van der Waals surface area contributed by atoms with E-state index in [0.717, 1.165) is 0 Å². The Balaban J connectivity index is 1.96. The quantitative estimate of drug-likeness (QED) is 0.662. The molecule has 0 unspecified atom stereocenters. The van der Waals surface area contributed by atoms with Gasteiger partial charge in [-0.1, -0.05) is 6.07 Å². The van der Waals surface area contributed by atoms with Gasteiger partial charge in [-0.3, -0.25) is 4.79 Å². The third-order valence-corrected chi connectivity index (χ3v) is 3.20. The van der Waals surface area contributed by atoms with Crippen LogP contribution in [-0.2, 0) is 14.3 Å². The maximum Gasteiger partial charge on any atom is 0.332 e. The number of nitrogens with one attached hydrogen (secondary N) is 3. The maximum absolute atomic E-state index is 12.0. The van der Waals surface area contributed by atoms with Crippen molar-refractivity contribution in [3.05, 3.63) is 24.3 Å². The highest BCUT2D eigenvalue weighted by atomic mass is 16.5. The van der Waals surface area contributed by atoms with Gasteiger partial charge in [-0.05, 0) is 31.0 Å². The summed E-state index contributed by atoms with van der Waals surface area (Å²) in [6.07, 6.45) is -1.04. The van der Waals surface area contributed by atoms with Gasteiger partial charge >= 0.3 is 12.0 Å². The molecule has 22 heavy (non-hydrogen) atoms. The summed E-state index contributed by atoms with van der Waals surface area (Å²) in [4.78, 5) is 34.1. The molecule has 0 radical (unpaired) electrons. The van der Waals surface area contributed by atoms with Crippen molar-refractivity contribution in [2.24, 2.45) is 0 Å². The molecule has 1 saturated heterocycles. The lowest BCUT2D eigenvalue weighted by Gasteiger charge is -2.12. The minimum Gasteiger partial charge on any atom is -0.479 e. The Bertz CT molecular complexity index is 590. The van der Waals surface area contributed by atoms with E-state index < -0.39 is 24.1 Å². The Hall–Kier alpha value is -2.61. The zero-order chi connectivity index (χ0) is 16.1. The van der Waals surface area contributed by atoms with Crippen molar-refractivity contribution in [3.8, 4) is 0 Å². The predicted molar refractivity (Wildman–Crippen MR) is 78.7 cm³/mol. The highest BCUT2D eigenvalue weighted by molar-refractivity contribution is 5.96. The fourth-order valence-electron chi connectivity index (χ4n) is 2.10. The van der Waals surface area contributed by atoms with E-state index in [1.807, 2.05) is 0 Å². The SMILES string of the molecule is CNC(=O)Nc1cccc(NC(=O)[C@@H]2CC[C@H](C(=O)O)O2)c1. The topological polar surface area (TPSA) is 117 Å². The van der Waals surface area contributed by atoms with Gasteiger partial charge in [0.1, 0.15) is 6.10 Å². The highest BCUT2D eigenvalue weighted by Gasteiger charge is 2.34. The van der Waals surface area contributed by atoms with Crippen LogP contribution in [0.2, 0.25) is 0 Å². The van der Waals surface area contributed by atoms with E-state index in [4.69, 9.17) is 9.84 Å². The molecule has 1 aromatic rings. The Kier molecular flexibility index (Phi) is 4.95. The number of carboxylic acids is 1. The number of urea groups is 1. The molecule has 0 aromatic heterocycles. The number of rotatable bonds is 4. The van der Waals surface area contributed by atoms with Crippen molar-refractivity contribution in [2.45, 2.75) is 25.0 Å². The van der Waals surface area contributed by atoms with Crippen molar-refractivity contribution >= 4 is 29.3 Å². The predicted octanol–water partition coefficient (Wildman–Crippen LogP) is 1.01. The minimum absolute atomic E-state index is 0.311. The number of hydrogen-bond donors (Lipinski definition) is 4. The van der Waals surface area contributed by atoms with Crippen LogP contribution in [0.1, 0.15) is 12.8 Å². The highest BCUT2D eigenvalue weighted by Crippen LogP contribution is 2.22. The molecular formula is C14H17N3O5. The van der Waals surface area contributed by atoms with Crippen LogP contribution in [0.25, 0.3) is 0 Å². The fourth-order valence-corrected chi connectivity index (χ4v) is 2.10. The molecule has 0 bridgehead atoms. The van der Waals surface area contributed by atoms with Crippen LogP contribution in [0.4, 0.5) is 16.2 Å². The standard InChI is InChI=1S/C14H17N3O5/c1-15-14(21)17-9-4-2-3-8(7-9)16-12(18)10-5-6-11(22-10)13(19)20/h2-4,7,10-11H,5-6H2,1H3,(H,16,18)(H,19,20)(H2,15,17,21)/t10-,11+/m0/s1. The van der Waals surface area contributed by atoms with Gasteiger partial charge < -0.3 is 25.8 Å². The van der Waals surface area contributed by atoms with Crippen molar-refractivity contribution in [2.75, 3.05) is 17.7 Å².